The highest BCUT2D eigenvalue weighted by Gasteiger charge is 2.43. The Labute approximate surface area is 145 Å². The molecule has 1 aromatic heterocycles. The molecule has 0 spiro atoms. The Bertz CT molecular complexity index is 469. The summed E-state index contributed by atoms with van der Waals surface area (Å²) in [5.74, 6) is 0.711. The van der Waals surface area contributed by atoms with Crippen molar-refractivity contribution in [3.63, 3.8) is 0 Å². The van der Waals surface area contributed by atoms with Crippen molar-refractivity contribution in [2.45, 2.75) is 52.6 Å². The Morgan fingerprint density at radius 2 is 2.05 bits per heavy atom. The van der Waals surface area contributed by atoms with Crippen LogP contribution >= 0.6 is 38.9 Å². The molecule has 21 heavy (non-hydrogen) atoms. The number of aliphatic hydroxyl groups is 1. The van der Waals surface area contributed by atoms with E-state index in [-0.39, 0.29) is 5.41 Å². The zero-order valence-electron chi connectivity index (χ0n) is 13.0. The highest BCUT2D eigenvalue weighted by molar-refractivity contribution is 9.10. The highest BCUT2D eigenvalue weighted by atomic mass is 79.9. The molecule has 0 radical (unpaired) electrons. The summed E-state index contributed by atoms with van der Waals surface area (Å²) in [5.41, 5.74) is 6.21. The molecule has 0 aliphatic heterocycles. The minimum atomic E-state index is -0.516. The molecule has 1 aromatic rings. The first-order valence-electron chi connectivity index (χ1n) is 7.52. The smallest absolute Gasteiger partial charge is 0.107 e. The van der Waals surface area contributed by atoms with Crippen LogP contribution in [0.4, 0.5) is 0 Å². The van der Waals surface area contributed by atoms with Crippen LogP contribution in [0.1, 0.15) is 57.4 Å². The fraction of sp³-hybridized carbons (Fsp3) is 0.750. The standard InChI is InChI=1S/C16H25BrClNOS/c1-15(2,3)10-4-6-16(9-19,7-5-10)13(20)12-8-11(17)14(18)21-12/h8,10,13,20H,4-7,9,19H2,1-3H3. The zero-order valence-corrected chi connectivity index (χ0v) is 16.1. The first kappa shape index (κ1) is 17.7. The highest BCUT2D eigenvalue weighted by Crippen LogP contribution is 2.52. The molecule has 1 fully saturated rings. The maximum absolute atomic E-state index is 10.9. The van der Waals surface area contributed by atoms with Crippen molar-refractivity contribution in [1.82, 2.24) is 0 Å². The van der Waals surface area contributed by atoms with Gasteiger partial charge in [0.2, 0.25) is 0 Å². The number of hydrogen-bond acceptors (Lipinski definition) is 3. The van der Waals surface area contributed by atoms with Crippen LogP contribution in [-0.4, -0.2) is 11.7 Å². The van der Waals surface area contributed by atoms with Gasteiger partial charge in [0, 0.05) is 21.3 Å². The quantitative estimate of drug-likeness (QED) is 0.723. The van der Waals surface area contributed by atoms with E-state index in [1.54, 1.807) is 0 Å². The molecule has 5 heteroatoms. The lowest BCUT2D eigenvalue weighted by atomic mass is 9.62. The van der Waals surface area contributed by atoms with Gasteiger partial charge in [0.15, 0.2) is 0 Å². The molecule has 0 saturated heterocycles. The van der Waals surface area contributed by atoms with Gasteiger partial charge in [-0.3, -0.25) is 0 Å². The second-order valence-corrected chi connectivity index (χ2v) is 9.92. The molecule has 2 rings (SSSR count). The molecule has 3 N–H and O–H groups in total. The Balaban J connectivity index is 2.16. The van der Waals surface area contributed by atoms with Gasteiger partial charge in [-0.15, -0.1) is 11.3 Å². The molecule has 2 nitrogen and oxygen atoms in total. The average Bonchev–Trinajstić information content (AvgIpc) is 2.77. The van der Waals surface area contributed by atoms with Crippen LogP contribution in [0, 0.1) is 16.7 Å². The summed E-state index contributed by atoms with van der Waals surface area (Å²) in [6.07, 6.45) is 3.73. The van der Waals surface area contributed by atoms with Gasteiger partial charge in [-0.2, -0.15) is 0 Å². The Morgan fingerprint density at radius 1 is 1.48 bits per heavy atom. The fourth-order valence-electron chi connectivity index (χ4n) is 3.45. The Hall–Kier alpha value is 0.390. The van der Waals surface area contributed by atoms with Gasteiger partial charge in [0.05, 0.1) is 6.10 Å². The third kappa shape index (κ3) is 3.66. The van der Waals surface area contributed by atoms with Crippen LogP contribution < -0.4 is 5.73 Å². The number of aliphatic hydroxyl groups excluding tert-OH is 1. The van der Waals surface area contributed by atoms with Gasteiger partial charge in [-0.1, -0.05) is 32.4 Å². The predicted molar refractivity (Wildman–Crippen MR) is 94.9 cm³/mol. The molecule has 0 bridgehead atoms. The van der Waals surface area contributed by atoms with Crippen LogP contribution in [0.2, 0.25) is 4.34 Å². The van der Waals surface area contributed by atoms with Gasteiger partial charge >= 0.3 is 0 Å². The molecular weight excluding hydrogens is 370 g/mol. The summed E-state index contributed by atoms with van der Waals surface area (Å²) < 4.78 is 1.55. The molecule has 1 heterocycles. The lowest BCUT2D eigenvalue weighted by Crippen LogP contribution is -2.41. The average molecular weight is 395 g/mol. The van der Waals surface area contributed by atoms with Gasteiger partial charge in [0.25, 0.3) is 0 Å². The van der Waals surface area contributed by atoms with Crippen molar-refractivity contribution in [3.05, 3.63) is 19.8 Å². The lowest BCUT2D eigenvalue weighted by molar-refractivity contribution is -0.0214. The van der Waals surface area contributed by atoms with Gasteiger partial charge in [0.1, 0.15) is 4.34 Å². The molecule has 1 unspecified atom stereocenters. The van der Waals surface area contributed by atoms with E-state index in [1.807, 2.05) is 6.07 Å². The van der Waals surface area contributed by atoms with E-state index in [2.05, 4.69) is 36.7 Å². The Morgan fingerprint density at radius 3 is 2.43 bits per heavy atom. The third-order valence-electron chi connectivity index (χ3n) is 5.13. The molecule has 1 atom stereocenters. The van der Waals surface area contributed by atoms with Gasteiger partial charge < -0.3 is 10.8 Å². The number of rotatable bonds is 3. The fourth-order valence-corrected chi connectivity index (χ4v) is 5.31. The summed E-state index contributed by atoms with van der Waals surface area (Å²) in [7, 11) is 0. The molecular formula is C16H25BrClNOS. The molecule has 1 saturated carbocycles. The largest absolute Gasteiger partial charge is 0.387 e. The topological polar surface area (TPSA) is 46.2 Å². The normalized spacial score (nSPS) is 28.6. The van der Waals surface area contributed by atoms with E-state index >= 15 is 0 Å². The second-order valence-electron chi connectivity index (χ2n) is 7.38. The maximum atomic E-state index is 10.9. The summed E-state index contributed by atoms with van der Waals surface area (Å²) >= 11 is 11.0. The van der Waals surface area contributed by atoms with Crippen LogP contribution in [0.3, 0.4) is 0 Å². The van der Waals surface area contributed by atoms with E-state index in [9.17, 15) is 5.11 Å². The monoisotopic (exact) mass is 393 g/mol. The van der Waals surface area contributed by atoms with E-state index in [1.165, 1.54) is 11.3 Å². The summed E-state index contributed by atoms with van der Waals surface area (Å²) in [6, 6.07) is 1.94. The van der Waals surface area contributed by atoms with Gasteiger partial charge in [-0.25, -0.2) is 0 Å². The third-order valence-corrected chi connectivity index (χ3v) is 7.65. The molecule has 120 valence electrons. The number of hydrogen-bond donors (Lipinski definition) is 2. The Kier molecular flexibility index (Phi) is 5.48. The van der Waals surface area contributed by atoms with E-state index < -0.39 is 6.10 Å². The van der Waals surface area contributed by atoms with Crippen molar-refractivity contribution in [3.8, 4) is 0 Å². The van der Waals surface area contributed by atoms with E-state index in [0.29, 0.717) is 22.2 Å². The maximum Gasteiger partial charge on any atom is 0.107 e. The van der Waals surface area contributed by atoms with Crippen molar-refractivity contribution < 1.29 is 5.11 Å². The molecule has 1 aliphatic rings. The van der Waals surface area contributed by atoms with Crippen LogP contribution in [0.5, 0.6) is 0 Å². The van der Waals surface area contributed by atoms with Gasteiger partial charge in [-0.05, 0) is 59.0 Å². The summed E-state index contributed by atoms with van der Waals surface area (Å²) in [5, 5.41) is 10.9. The molecule has 1 aliphatic carbocycles. The number of halogens is 2. The first-order chi connectivity index (χ1) is 9.69. The van der Waals surface area contributed by atoms with Crippen molar-refractivity contribution in [2.75, 3.05) is 6.54 Å². The number of nitrogens with two attached hydrogens (primary N) is 1. The number of thiophene rings is 1. The van der Waals surface area contributed by atoms with Crippen LogP contribution in [0.15, 0.2) is 10.5 Å². The van der Waals surface area contributed by atoms with Crippen molar-refractivity contribution in [2.24, 2.45) is 22.5 Å². The molecule has 0 amide bonds. The first-order valence-corrected chi connectivity index (χ1v) is 9.51. The second kappa shape index (κ2) is 6.48. The van der Waals surface area contributed by atoms with Crippen molar-refractivity contribution in [1.29, 1.82) is 0 Å². The lowest BCUT2D eigenvalue weighted by Gasteiger charge is -2.45. The minimum Gasteiger partial charge on any atom is -0.387 e. The molecule has 0 aromatic carbocycles. The van der Waals surface area contributed by atoms with E-state index in [4.69, 9.17) is 17.3 Å². The SMILES string of the molecule is CC(C)(C)C1CCC(CN)(C(O)c2cc(Br)c(Cl)s2)CC1. The van der Waals surface area contributed by atoms with E-state index in [0.717, 1.165) is 35.0 Å². The van der Waals surface area contributed by atoms with Crippen LogP contribution in [0.25, 0.3) is 0 Å². The van der Waals surface area contributed by atoms with Crippen molar-refractivity contribution >= 4 is 38.9 Å². The summed E-state index contributed by atoms with van der Waals surface area (Å²) in [4.78, 5) is 0.923. The summed E-state index contributed by atoms with van der Waals surface area (Å²) in [6.45, 7) is 7.44. The van der Waals surface area contributed by atoms with Crippen LogP contribution in [-0.2, 0) is 0 Å². The zero-order chi connectivity index (χ0) is 15.8. The predicted octanol–water partition coefficient (Wildman–Crippen LogP) is 5.38. The minimum absolute atomic E-state index is 0.199.